The molecule has 0 radical (unpaired) electrons. The molecule has 2 aliphatic rings. The Morgan fingerprint density at radius 2 is 2.10 bits per heavy atom. The van der Waals surface area contributed by atoms with Gasteiger partial charge in [-0.05, 0) is 32.2 Å². The van der Waals surface area contributed by atoms with E-state index in [0.717, 1.165) is 51.5 Å². The van der Waals surface area contributed by atoms with Crippen LogP contribution >= 0.6 is 0 Å². The number of aliphatic hydroxyl groups excluding tert-OH is 1. The first-order chi connectivity index (χ1) is 9.63. The molecule has 1 heterocycles. The molecule has 1 aliphatic heterocycles. The highest BCUT2D eigenvalue weighted by Crippen LogP contribution is 2.32. The van der Waals surface area contributed by atoms with Crippen LogP contribution in [0.25, 0.3) is 0 Å². The topological polar surface area (TPSA) is 67.6 Å². The van der Waals surface area contributed by atoms with Crippen molar-refractivity contribution >= 4 is 5.91 Å². The van der Waals surface area contributed by atoms with Gasteiger partial charge < -0.3 is 10.0 Å². The van der Waals surface area contributed by atoms with Crippen molar-refractivity contribution in [3.8, 4) is 6.07 Å². The van der Waals surface area contributed by atoms with E-state index in [4.69, 9.17) is 0 Å². The number of aliphatic hydroxyl groups is 1. The second-order valence-electron chi connectivity index (χ2n) is 6.11. The smallest absolute Gasteiger partial charge is 0.237 e. The molecular formula is C15H25N3O2. The zero-order valence-corrected chi connectivity index (χ0v) is 12.3. The first-order valence-corrected chi connectivity index (χ1v) is 7.66. The van der Waals surface area contributed by atoms with E-state index in [1.54, 1.807) is 11.9 Å². The standard InChI is InChI=1S/C15H25N3O2/c1-17(15(12-16)7-3-2-4-8-15)14(20)10-18-9-5-6-13(18)11-19/h13,19H,2-11H2,1H3. The third-order valence-corrected chi connectivity index (χ3v) is 4.95. The second-order valence-corrected chi connectivity index (χ2v) is 6.11. The van der Waals surface area contributed by atoms with Crippen LogP contribution in [0.3, 0.4) is 0 Å². The molecule has 0 aromatic carbocycles. The molecule has 1 atom stereocenters. The van der Waals surface area contributed by atoms with Gasteiger partial charge in [-0.25, -0.2) is 0 Å². The number of rotatable bonds is 4. The summed E-state index contributed by atoms with van der Waals surface area (Å²) in [6, 6.07) is 2.49. The number of carbonyl (C=O) groups is 1. The van der Waals surface area contributed by atoms with Gasteiger partial charge in [0.05, 0.1) is 19.2 Å². The summed E-state index contributed by atoms with van der Waals surface area (Å²) in [5.41, 5.74) is -0.607. The van der Waals surface area contributed by atoms with E-state index >= 15 is 0 Å². The molecule has 1 saturated heterocycles. The molecule has 112 valence electrons. The van der Waals surface area contributed by atoms with E-state index in [2.05, 4.69) is 6.07 Å². The molecule has 1 aliphatic carbocycles. The Kier molecular flexibility index (Phi) is 5.00. The lowest BCUT2D eigenvalue weighted by Crippen LogP contribution is -2.53. The van der Waals surface area contributed by atoms with Crippen molar-refractivity contribution in [3.63, 3.8) is 0 Å². The maximum atomic E-state index is 12.5. The third kappa shape index (κ3) is 2.97. The number of nitriles is 1. The molecule has 0 bridgehead atoms. The van der Waals surface area contributed by atoms with Crippen molar-refractivity contribution < 1.29 is 9.90 Å². The summed E-state index contributed by atoms with van der Waals surface area (Å²) in [5.74, 6) is 0.00815. The van der Waals surface area contributed by atoms with Crippen molar-refractivity contribution in [1.82, 2.24) is 9.80 Å². The Bertz CT molecular complexity index is 385. The molecule has 0 aromatic heterocycles. The van der Waals surface area contributed by atoms with Crippen LogP contribution < -0.4 is 0 Å². The van der Waals surface area contributed by atoms with Gasteiger partial charge in [0, 0.05) is 13.1 Å². The molecular weight excluding hydrogens is 254 g/mol. The summed E-state index contributed by atoms with van der Waals surface area (Å²) in [4.78, 5) is 16.2. The fourth-order valence-electron chi connectivity index (χ4n) is 3.49. The highest BCUT2D eigenvalue weighted by Gasteiger charge is 2.39. The van der Waals surface area contributed by atoms with Gasteiger partial charge in [-0.1, -0.05) is 19.3 Å². The van der Waals surface area contributed by atoms with Crippen molar-refractivity contribution in [2.75, 3.05) is 26.7 Å². The summed E-state index contributed by atoms with van der Waals surface area (Å²) in [6.45, 7) is 1.30. The average Bonchev–Trinajstić information content (AvgIpc) is 2.94. The lowest BCUT2D eigenvalue weighted by atomic mass is 9.81. The zero-order chi connectivity index (χ0) is 14.6. The molecule has 2 rings (SSSR count). The van der Waals surface area contributed by atoms with Crippen LogP contribution in [-0.4, -0.2) is 59.1 Å². The van der Waals surface area contributed by atoms with E-state index in [0.29, 0.717) is 6.54 Å². The molecule has 0 aromatic rings. The average molecular weight is 279 g/mol. The van der Waals surface area contributed by atoms with E-state index in [-0.39, 0.29) is 18.6 Å². The van der Waals surface area contributed by atoms with Crippen LogP contribution in [-0.2, 0) is 4.79 Å². The predicted molar refractivity (Wildman–Crippen MR) is 75.9 cm³/mol. The van der Waals surface area contributed by atoms with Crippen molar-refractivity contribution in [2.45, 2.75) is 56.5 Å². The van der Waals surface area contributed by atoms with Crippen LogP contribution in [0.2, 0.25) is 0 Å². The van der Waals surface area contributed by atoms with E-state index in [9.17, 15) is 15.2 Å². The van der Waals surface area contributed by atoms with Crippen molar-refractivity contribution in [2.24, 2.45) is 0 Å². The van der Waals surface area contributed by atoms with Gasteiger partial charge in [0.15, 0.2) is 0 Å². The normalized spacial score (nSPS) is 26.1. The summed E-state index contributed by atoms with van der Waals surface area (Å²) >= 11 is 0. The lowest BCUT2D eigenvalue weighted by molar-refractivity contribution is -0.136. The van der Waals surface area contributed by atoms with Gasteiger partial charge in [0.25, 0.3) is 0 Å². The van der Waals surface area contributed by atoms with Crippen LogP contribution in [0.4, 0.5) is 0 Å². The number of hydrogen-bond acceptors (Lipinski definition) is 4. The minimum Gasteiger partial charge on any atom is -0.395 e. The Labute approximate surface area is 121 Å². The number of carbonyl (C=O) groups excluding carboxylic acids is 1. The first-order valence-electron chi connectivity index (χ1n) is 7.66. The number of likely N-dealkylation sites (N-methyl/N-ethyl adjacent to an activating group) is 1. The van der Waals surface area contributed by atoms with E-state index < -0.39 is 5.54 Å². The summed E-state index contributed by atoms with van der Waals surface area (Å²) in [5, 5.41) is 18.8. The van der Waals surface area contributed by atoms with Gasteiger partial charge in [-0.3, -0.25) is 9.69 Å². The fourth-order valence-corrected chi connectivity index (χ4v) is 3.49. The molecule has 1 saturated carbocycles. The van der Waals surface area contributed by atoms with Crippen LogP contribution in [0.1, 0.15) is 44.9 Å². The summed E-state index contributed by atoms with van der Waals surface area (Å²) in [7, 11) is 1.76. The Balaban J connectivity index is 1.99. The van der Waals surface area contributed by atoms with Gasteiger partial charge in [0.1, 0.15) is 5.54 Å². The van der Waals surface area contributed by atoms with Crippen LogP contribution in [0.15, 0.2) is 0 Å². The van der Waals surface area contributed by atoms with Crippen molar-refractivity contribution in [1.29, 1.82) is 5.26 Å². The Morgan fingerprint density at radius 3 is 2.70 bits per heavy atom. The molecule has 5 heteroatoms. The molecule has 1 N–H and O–H groups in total. The number of amides is 1. The molecule has 1 unspecified atom stereocenters. The maximum absolute atomic E-state index is 12.5. The highest BCUT2D eigenvalue weighted by molar-refractivity contribution is 5.79. The molecule has 20 heavy (non-hydrogen) atoms. The second kappa shape index (κ2) is 6.55. The highest BCUT2D eigenvalue weighted by atomic mass is 16.3. The van der Waals surface area contributed by atoms with Crippen LogP contribution in [0.5, 0.6) is 0 Å². The lowest BCUT2D eigenvalue weighted by Gasteiger charge is -2.40. The summed E-state index contributed by atoms with van der Waals surface area (Å²) in [6.07, 6.45) is 6.76. The SMILES string of the molecule is CN(C(=O)CN1CCCC1CO)C1(C#N)CCCCC1. The molecule has 1 amide bonds. The largest absolute Gasteiger partial charge is 0.395 e. The Hall–Kier alpha value is -1.12. The number of likely N-dealkylation sites (tertiary alicyclic amines) is 1. The minimum absolute atomic E-state index is 0.00815. The Morgan fingerprint density at radius 1 is 1.40 bits per heavy atom. The molecule has 0 spiro atoms. The molecule has 5 nitrogen and oxygen atoms in total. The number of nitrogens with zero attached hydrogens (tertiary/aromatic N) is 3. The van der Waals surface area contributed by atoms with Crippen LogP contribution in [0, 0.1) is 11.3 Å². The van der Waals surface area contributed by atoms with Crippen molar-refractivity contribution in [3.05, 3.63) is 0 Å². The monoisotopic (exact) mass is 279 g/mol. The van der Waals surface area contributed by atoms with Gasteiger partial charge >= 0.3 is 0 Å². The number of hydrogen-bond donors (Lipinski definition) is 1. The zero-order valence-electron chi connectivity index (χ0n) is 12.3. The first kappa shape index (κ1) is 15.3. The summed E-state index contributed by atoms with van der Waals surface area (Å²) < 4.78 is 0. The van der Waals surface area contributed by atoms with E-state index in [1.807, 2.05) is 4.90 Å². The van der Waals surface area contributed by atoms with Gasteiger partial charge in [-0.15, -0.1) is 0 Å². The fraction of sp³-hybridized carbons (Fsp3) is 0.867. The quantitative estimate of drug-likeness (QED) is 0.837. The van der Waals surface area contributed by atoms with Gasteiger partial charge in [0.2, 0.25) is 5.91 Å². The minimum atomic E-state index is -0.607. The maximum Gasteiger partial charge on any atom is 0.237 e. The van der Waals surface area contributed by atoms with Gasteiger partial charge in [-0.2, -0.15) is 5.26 Å². The molecule has 2 fully saturated rings. The predicted octanol–water partition coefficient (Wildman–Crippen LogP) is 1.13. The van der Waals surface area contributed by atoms with E-state index in [1.165, 1.54) is 0 Å². The third-order valence-electron chi connectivity index (χ3n) is 4.95.